The zero-order valence-electron chi connectivity index (χ0n) is 11.3. The van der Waals surface area contributed by atoms with Gasteiger partial charge < -0.3 is 15.2 Å². The summed E-state index contributed by atoms with van der Waals surface area (Å²) in [6.45, 7) is 2.48. The molecule has 0 aliphatic heterocycles. The molecule has 0 aliphatic carbocycles. The minimum Gasteiger partial charge on any atom is -0.497 e. The molecule has 0 fully saturated rings. The van der Waals surface area contributed by atoms with Gasteiger partial charge in [0.25, 0.3) is 0 Å². The molecule has 100 valence electrons. The van der Waals surface area contributed by atoms with Crippen LogP contribution in [0.3, 0.4) is 0 Å². The Balaban J connectivity index is 1.99. The second-order valence-corrected chi connectivity index (χ2v) is 4.51. The second kappa shape index (κ2) is 6.25. The molecule has 2 N–H and O–H groups in total. The Morgan fingerprint density at radius 2 is 1.79 bits per heavy atom. The van der Waals surface area contributed by atoms with Gasteiger partial charge in [0.2, 0.25) is 0 Å². The van der Waals surface area contributed by atoms with E-state index in [4.69, 9.17) is 15.2 Å². The highest BCUT2D eigenvalue weighted by Crippen LogP contribution is 2.19. The normalized spacial score (nSPS) is 11.9. The Kier molecular flexibility index (Phi) is 4.42. The Morgan fingerprint density at radius 1 is 1.05 bits per heavy atom. The Morgan fingerprint density at radius 3 is 2.53 bits per heavy atom. The van der Waals surface area contributed by atoms with Crippen molar-refractivity contribution < 1.29 is 9.47 Å². The first-order chi connectivity index (χ1) is 9.19. The SMILES string of the molecule is COc1cccc(C(N)COc2cccc(C)c2)c1. The molecule has 2 rings (SSSR count). The third-order valence-corrected chi connectivity index (χ3v) is 2.94. The first-order valence-electron chi connectivity index (χ1n) is 6.28. The summed E-state index contributed by atoms with van der Waals surface area (Å²) < 4.78 is 10.9. The number of rotatable bonds is 5. The van der Waals surface area contributed by atoms with Crippen molar-refractivity contribution in [3.05, 3.63) is 59.7 Å². The van der Waals surface area contributed by atoms with E-state index in [1.807, 2.05) is 55.5 Å². The highest BCUT2D eigenvalue weighted by Gasteiger charge is 2.08. The quantitative estimate of drug-likeness (QED) is 0.895. The standard InChI is InChI=1S/C16H19NO2/c1-12-5-3-8-15(9-12)19-11-16(17)13-6-4-7-14(10-13)18-2/h3-10,16H,11,17H2,1-2H3. The molecule has 3 nitrogen and oxygen atoms in total. The van der Waals surface area contributed by atoms with E-state index in [2.05, 4.69) is 0 Å². The van der Waals surface area contributed by atoms with Crippen LogP contribution in [0.5, 0.6) is 11.5 Å². The summed E-state index contributed by atoms with van der Waals surface area (Å²) in [5, 5.41) is 0. The molecule has 0 radical (unpaired) electrons. The van der Waals surface area contributed by atoms with Crippen LogP contribution in [-0.4, -0.2) is 13.7 Å². The van der Waals surface area contributed by atoms with Crippen molar-refractivity contribution in [2.45, 2.75) is 13.0 Å². The van der Waals surface area contributed by atoms with Gasteiger partial charge in [-0.1, -0.05) is 24.3 Å². The van der Waals surface area contributed by atoms with E-state index in [9.17, 15) is 0 Å². The van der Waals surface area contributed by atoms with Crippen LogP contribution in [0.15, 0.2) is 48.5 Å². The van der Waals surface area contributed by atoms with E-state index < -0.39 is 0 Å². The van der Waals surface area contributed by atoms with E-state index in [-0.39, 0.29) is 6.04 Å². The largest absolute Gasteiger partial charge is 0.497 e. The summed E-state index contributed by atoms with van der Waals surface area (Å²) in [5.74, 6) is 1.65. The third kappa shape index (κ3) is 3.73. The molecule has 19 heavy (non-hydrogen) atoms. The lowest BCUT2D eigenvalue weighted by Gasteiger charge is -2.14. The van der Waals surface area contributed by atoms with Crippen LogP contribution in [0.2, 0.25) is 0 Å². The van der Waals surface area contributed by atoms with E-state index >= 15 is 0 Å². The maximum Gasteiger partial charge on any atom is 0.119 e. The summed E-state index contributed by atoms with van der Waals surface area (Å²) in [6, 6.07) is 15.5. The monoisotopic (exact) mass is 257 g/mol. The number of nitrogens with two attached hydrogens (primary N) is 1. The molecule has 0 bridgehead atoms. The number of hydrogen-bond donors (Lipinski definition) is 1. The van der Waals surface area contributed by atoms with Crippen molar-refractivity contribution in [2.24, 2.45) is 5.73 Å². The highest BCUT2D eigenvalue weighted by atomic mass is 16.5. The minimum atomic E-state index is -0.171. The zero-order valence-corrected chi connectivity index (χ0v) is 11.3. The van der Waals surface area contributed by atoms with Crippen LogP contribution in [-0.2, 0) is 0 Å². The molecule has 0 amide bonds. The summed E-state index contributed by atoms with van der Waals surface area (Å²) in [6.07, 6.45) is 0. The van der Waals surface area contributed by atoms with Crippen molar-refractivity contribution in [1.29, 1.82) is 0 Å². The van der Waals surface area contributed by atoms with Crippen LogP contribution < -0.4 is 15.2 Å². The van der Waals surface area contributed by atoms with Gasteiger partial charge in [-0.25, -0.2) is 0 Å². The molecule has 0 heterocycles. The average molecular weight is 257 g/mol. The van der Waals surface area contributed by atoms with Gasteiger partial charge in [0.1, 0.15) is 18.1 Å². The molecular formula is C16H19NO2. The molecule has 0 saturated heterocycles. The van der Waals surface area contributed by atoms with Crippen LogP contribution >= 0.6 is 0 Å². The van der Waals surface area contributed by atoms with Crippen LogP contribution in [0.1, 0.15) is 17.2 Å². The van der Waals surface area contributed by atoms with E-state index in [1.54, 1.807) is 7.11 Å². The average Bonchev–Trinajstić information content (AvgIpc) is 2.45. The van der Waals surface area contributed by atoms with Gasteiger partial charge >= 0.3 is 0 Å². The molecular weight excluding hydrogens is 238 g/mol. The summed E-state index contributed by atoms with van der Waals surface area (Å²) in [7, 11) is 1.65. The smallest absolute Gasteiger partial charge is 0.119 e. The number of aryl methyl sites for hydroxylation is 1. The Labute approximate surface area is 114 Å². The third-order valence-electron chi connectivity index (χ3n) is 2.94. The molecule has 0 saturated carbocycles. The minimum absolute atomic E-state index is 0.171. The zero-order chi connectivity index (χ0) is 13.7. The fourth-order valence-electron chi connectivity index (χ4n) is 1.86. The topological polar surface area (TPSA) is 44.5 Å². The van der Waals surface area contributed by atoms with Crippen LogP contribution in [0.25, 0.3) is 0 Å². The number of ether oxygens (including phenoxy) is 2. The van der Waals surface area contributed by atoms with Crippen molar-refractivity contribution in [3.63, 3.8) is 0 Å². The Hall–Kier alpha value is -2.00. The lowest BCUT2D eigenvalue weighted by atomic mass is 10.1. The maximum atomic E-state index is 6.12. The second-order valence-electron chi connectivity index (χ2n) is 4.51. The van der Waals surface area contributed by atoms with E-state index in [1.165, 1.54) is 5.56 Å². The van der Waals surface area contributed by atoms with Crippen LogP contribution in [0.4, 0.5) is 0 Å². The number of benzene rings is 2. The molecule has 0 spiro atoms. The fourth-order valence-corrected chi connectivity index (χ4v) is 1.86. The fraction of sp³-hybridized carbons (Fsp3) is 0.250. The van der Waals surface area contributed by atoms with Gasteiger partial charge in [-0.05, 0) is 42.3 Å². The summed E-state index contributed by atoms with van der Waals surface area (Å²) >= 11 is 0. The van der Waals surface area contributed by atoms with Gasteiger partial charge in [-0.15, -0.1) is 0 Å². The van der Waals surface area contributed by atoms with E-state index in [0.717, 1.165) is 17.1 Å². The predicted octanol–water partition coefficient (Wildman–Crippen LogP) is 3.08. The van der Waals surface area contributed by atoms with Gasteiger partial charge in [-0.3, -0.25) is 0 Å². The number of hydrogen-bond acceptors (Lipinski definition) is 3. The molecule has 2 aromatic rings. The van der Waals surface area contributed by atoms with Crippen molar-refractivity contribution in [2.75, 3.05) is 13.7 Å². The first-order valence-corrected chi connectivity index (χ1v) is 6.28. The molecule has 2 aromatic carbocycles. The van der Waals surface area contributed by atoms with Gasteiger partial charge in [0, 0.05) is 0 Å². The summed E-state index contributed by atoms with van der Waals surface area (Å²) in [5.41, 5.74) is 8.30. The first kappa shape index (κ1) is 13.4. The number of methoxy groups -OCH3 is 1. The highest BCUT2D eigenvalue weighted by molar-refractivity contribution is 5.31. The molecule has 1 unspecified atom stereocenters. The summed E-state index contributed by atoms with van der Waals surface area (Å²) in [4.78, 5) is 0. The Bertz CT molecular complexity index is 540. The lowest BCUT2D eigenvalue weighted by Crippen LogP contribution is -2.19. The van der Waals surface area contributed by atoms with Crippen LogP contribution in [0, 0.1) is 6.92 Å². The molecule has 0 aromatic heterocycles. The van der Waals surface area contributed by atoms with Gasteiger partial charge in [0.15, 0.2) is 0 Å². The van der Waals surface area contributed by atoms with Crippen molar-refractivity contribution in [3.8, 4) is 11.5 Å². The van der Waals surface area contributed by atoms with Gasteiger partial charge in [0.05, 0.1) is 13.2 Å². The lowest BCUT2D eigenvalue weighted by molar-refractivity contribution is 0.290. The van der Waals surface area contributed by atoms with E-state index in [0.29, 0.717) is 6.61 Å². The van der Waals surface area contributed by atoms with Gasteiger partial charge in [-0.2, -0.15) is 0 Å². The van der Waals surface area contributed by atoms with Crippen molar-refractivity contribution >= 4 is 0 Å². The molecule has 0 aliphatic rings. The predicted molar refractivity (Wildman–Crippen MR) is 76.6 cm³/mol. The van der Waals surface area contributed by atoms with Crippen molar-refractivity contribution in [1.82, 2.24) is 0 Å². The maximum absolute atomic E-state index is 6.12. The molecule has 1 atom stereocenters. The molecule has 3 heteroatoms.